The Morgan fingerprint density at radius 1 is 0.483 bits per heavy atom. The second kappa shape index (κ2) is 13.4. The lowest BCUT2D eigenvalue weighted by atomic mass is 10.0. The standard InChI is InChI=1S/C51H35N7/c1-30-16-20-43-36(24-30)37-25-31(2)17-21-44(37)57(43)47-41(29-52)40(51-55-49(34-12-8-6-9-13-34)54-50(56-51)35-14-10-7-11-15-35)28-42(53-5)48(47)58-45-22-18-32(3)26-38(45)39-27-33(4)19-23-46(39)58/h6-28H,1-4H3. The molecule has 0 spiro atoms. The third kappa shape index (κ3) is 5.44. The zero-order valence-corrected chi connectivity index (χ0v) is 32.4. The average Bonchev–Trinajstić information content (AvgIpc) is 3.73. The van der Waals surface area contributed by atoms with Gasteiger partial charge in [0.15, 0.2) is 17.5 Å². The molecule has 7 heteroatoms. The summed E-state index contributed by atoms with van der Waals surface area (Å²) in [7, 11) is 0. The fourth-order valence-electron chi connectivity index (χ4n) is 8.37. The number of hydrogen-bond donors (Lipinski definition) is 0. The molecule has 10 rings (SSSR count). The molecule has 7 aromatic carbocycles. The maximum atomic E-state index is 11.6. The van der Waals surface area contributed by atoms with Crippen LogP contribution in [0.1, 0.15) is 27.8 Å². The van der Waals surface area contributed by atoms with Gasteiger partial charge in [-0.05, 0) is 82.3 Å². The van der Waals surface area contributed by atoms with Gasteiger partial charge in [-0.3, -0.25) is 0 Å². The number of aromatic nitrogens is 5. The largest absolute Gasteiger partial charge is 0.317 e. The molecule has 0 saturated carbocycles. The van der Waals surface area contributed by atoms with Crippen LogP contribution in [0.25, 0.3) is 94.0 Å². The number of aryl methyl sites for hydroxylation is 4. The summed E-state index contributed by atoms with van der Waals surface area (Å²) in [6.07, 6.45) is 0. The molecule has 3 heterocycles. The summed E-state index contributed by atoms with van der Waals surface area (Å²) < 4.78 is 4.35. The van der Waals surface area contributed by atoms with E-state index in [0.717, 1.165) is 77.0 Å². The molecule has 0 radical (unpaired) electrons. The highest BCUT2D eigenvalue weighted by atomic mass is 15.1. The van der Waals surface area contributed by atoms with Gasteiger partial charge >= 0.3 is 0 Å². The van der Waals surface area contributed by atoms with Gasteiger partial charge < -0.3 is 9.13 Å². The lowest BCUT2D eigenvalue weighted by molar-refractivity contribution is 1.06. The molecule has 3 aromatic heterocycles. The second-order valence-electron chi connectivity index (χ2n) is 15.0. The summed E-state index contributed by atoms with van der Waals surface area (Å²) in [5.41, 5.74) is 12.3. The minimum atomic E-state index is 0.308. The Hall–Kier alpha value is -7.87. The zero-order valence-electron chi connectivity index (χ0n) is 32.4. The molecule has 0 aliphatic heterocycles. The molecule has 10 aromatic rings. The monoisotopic (exact) mass is 745 g/mol. The van der Waals surface area contributed by atoms with Crippen LogP contribution in [0.3, 0.4) is 0 Å². The van der Waals surface area contributed by atoms with Crippen LogP contribution in [0.4, 0.5) is 5.69 Å². The lowest BCUT2D eigenvalue weighted by Crippen LogP contribution is -2.09. The van der Waals surface area contributed by atoms with Crippen molar-refractivity contribution >= 4 is 49.3 Å². The van der Waals surface area contributed by atoms with Gasteiger partial charge in [-0.15, -0.1) is 0 Å². The molecule has 0 unspecified atom stereocenters. The maximum Gasteiger partial charge on any atom is 0.213 e. The molecular weight excluding hydrogens is 711 g/mol. The maximum absolute atomic E-state index is 11.6. The molecule has 0 amide bonds. The Kier molecular flexibility index (Phi) is 8.00. The van der Waals surface area contributed by atoms with E-state index in [1.165, 1.54) is 0 Å². The minimum Gasteiger partial charge on any atom is -0.317 e. The van der Waals surface area contributed by atoms with Crippen LogP contribution in [0.15, 0.2) is 140 Å². The highest BCUT2D eigenvalue weighted by Crippen LogP contribution is 2.46. The number of benzene rings is 7. The third-order valence-corrected chi connectivity index (χ3v) is 11.0. The van der Waals surface area contributed by atoms with E-state index in [9.17, 15) is 5.26 Å². The average molecular weight is 746 g/mol. The quantitative estimate of drug-likeness (QED) is 0.164. The summed E-state index contributed by atoms with van der Waals surface area (Å²) in [5.74, 6) is 1.25. The molecule has 274 valence electrons. The second-order valence-corrected chi connectivity index (χ2v) is 15.0. The van der Waals surface area contributed by atoms with Crippen molar-refractivity contribution in [3.05, 3.63) is 179 Å². The van der Waals surface area contributed by atoms with Gasteiger partial charge in [0.05, 0.1) is 45.6 Å². The molecule has 0 atom stereocenters. The van der Waals surface area contributed by atoms with Crippen LogP contribution in [-0.4, -0.2) is 24.1 Å². The first-order valence-corrected chi connectivity index (χ1v) is 19.2. The van der Waals surface area contributed by atoms with Gasteiger partial charge in [0.1, 0.15) is 6.07 Å². The lowest BCUT2D eigenvalue weighted by Gasteiger charge is -2.22. The van der Waals surface area contributed by atoms with E-state index in [1.807, 2.05) is 60.7 Å². The first kappa shape index (κ1) is 34.6. The van der Waals surface area contributed by atoms with E-state index in [4.69, 9.17) is 21.5 Å². The Bertz CT molecular complexity index is 3220. The normalized spacial score (nSPS) is 11.4. The van der Waals surface area contributed by atoms with Crippen molar-refractivity contribution in [2.24, 2.45) is 0 Å². The zero-order chi connectivity index (χ0) is 39.7. The molecule has 58 heavy (non-hydrogen) atoms. The van der Waals surface area contributed by atoms with Crippen molar-refractivity contribution < 1.29 is 0 Å². The molecule has 0 aliphatic rings. The molecule has 0 aliphatic carbocycles. The summed E-state index contributed by atoms with van der Waals surface area (Å²) in [5, 5.41) is 15.9. The van der Waals surface area contributed by atoms with E-state index < -0.39 is 0 Å². The summed E-state index contributed by atoms with van der Waals surface area (Å²) in [6.45, 7) is 17.3. The molecule has 0 N–H and O–H groups in total. The Morgan fingerprint density at radius 3 is 1.24 bits per heavy atom. The van der Waals surface area contributed by atoms with Gasteiger partial charge in [0.25, 0.3) is 0 Å². The first-order chi connectivity index (χ1) is 28.3. The van der Waals surface area contributed by atoms with E-state index in [2.05, 4.69) is 121 Å². The topological polar surface area (TPSA) is 76.7 Å². The van der Waals surface area contributed by atoms with Crippen LogP contribution in [0.2, 0.25) is 0 Å². The number of hydrogen-bond acceptors (Lipinski definition) is 4. The Morgan fingerprint density at radius 2 is 0.862 bits per heavy atom. The minimum absolute atomic E-state index is 0.308. The Labute approximate surface area is 335 Å². The number of rotatable bonds is 5. The Balaban J connectivity index is 1.41. The van der Waals surface area contributed by atoms with E-state index >= 15 is 0 Å². The van der Waals surface area contributed by atoms with Crippen molar-refractivity contribution in [1.82, 2.24) is 24.1 Å². The van der Waals surface area contributed by atoms with Gasteiger partial charge in [0.2, 0.25) is 5.69 Å². The van der Waals surface area contributed by atoms with E-state index in [0.29, 0.717) is 45.7 Å². The highest BCUT2D eigenvalue weighted by molar-refractivity contribution is 6.13. The molecule has 0 bridgehead atoms. The SMILES string of the molecule is [C-]#[N+]c1cc(-c2nc(-c3ccccc3)nc(-c3ccccc3)n2)c(C#N)c(-n2c3ccc(C)cc3c3cc(C)ccc32)c1-n1c2ccc(C)cc2c2cc(C)ccc21. The van der Waals surface area contributed by atoms with Crippen molar-refractivity contribution in [3.8, 4) is 51.6 Å². The first-order valence-electron chi connectivity index (χ1n) is 19.2. The van der Waals surface area contributed by atoms with Crippen molar-refractivity contribution in [2.75, 3.05) is 0 Å². The molecule has 7 nitrogen and oxygen atoms in total. The predicted molar refractivity (Wildman–Crippen MR) is 235 cm³/mol. The van der Waals surface area contributed by atoms with Gasteiger partial charge in [0, 0.05) is 38.2 Å². The number of nitriles is 1. The van der Waals surface area contributed by atoms with Crippen LogP contribution >= 0.6 is 0 Å². The summed E-state index contributed by atoms with van der Waals surface area (Å²) in [4.78, 5) is 19.4. The van der Waals surface area contributed by atoms with Gasteiger partial charge in [-0.2, -0.15) is 5.26 Å². The fraction of sp³-hybridized carbons (Fsp3) is 0.0784. The number of fused-ring (bicyclic) bond motifs is 6. The van der Waals surface area contributed by atoms with Crippen molar-refractivity contribution in [2.45, 2.75) is 27.7 Å². The van der Waals surface area contributed by atoms with Crippen LogP contribution in [-0.2, 0) is 0 Å². The number of nitrogens with zero attached hydrogens (tertiary/aromatic N) is 7. The van der Waals surface area contributed by atoms with Crippen LogP contribution < -0.4 is 0 Å². The highest BCUT2D eigenvalue weighted by Gasteiger charge is 2.29. The van der Waals surface area contributed by atoms with E-state index in [1.54, 1.807) is 6.07 Å². The third-order valence-electron chi connectivity index (χ3n) is 11.0. The van der Waals surface area contributed by atoms with Crippen molar-refractivity contribution in [1.29, 1.82) is 5.26 Å². The molecular formula is C51H35N7. The molecule has 0 saturated heterocycles. The van der Waals surface area contributed by atoms with Crippen molar-refractivity contribution in [3.63, 3.8) is 0 Å². The van der Waals surface area contributed by atoms with Crippen LogP contribution in [0.5, 0.6) is 0 Å². The fourth-order valence-corrected chi connectivity index (χ4v) is 8.37. The van der Waals surface area contributed by atoms with Gasteiger partial charge in [-0.1, -0.05) is 107 Å². The summed E-state index contributed by atoms with van der Waals surface area (Å²) in [6, 6.07) is 49.8. The van der Waals surface area contributed by atoms with Crippen LogP contribution in [0, 0.1) is 45.6 Å². The van der Waals surface area contributed by atoms with E-state index in [-0.39, 0.29) is 0 Å². The predicted octanol–water partition coefficient (Wildman–Crippen LogP) is 12.7. The smallest absolute Gasteiger partial charge is 0.213 e. The van der Waals surface area contributed by atoms with Gasteiger partial charge in [-0.25, -0.2) is 19.8 Å². The molecule has 0 fully saturated rings. The summed E-state index contributed by atoms with van der Waals surface area (Å²) >= 11 is 0.